The number of anilines is 2. The lowest BCUT2D eigenvalue weighted by atomic mass is 10.0. The number of rotatable bonds is 5. The molecular weight excluding hydrogens is 378 g/mol. The van der Waals surface area contributed by atoms with E-state index in [4.69, 9.17) is 4.98 Å². The number of nitrogens with zero attached hydrogens (tertiary/aromatic N) is 4. The van der Waals surface area contributed by atoms with E-state index in [1.807, 2.05) is 25.3 Å². The smallest absolute Gasteiger partial charge is 0.225 e. The second-order valence-corrected chi connectivity index (χ2v) is 8.12. The van der Waals surface area contributed by atoms with Crippen LogP contribution in [0.15, 0.2) is 30.5 Å². The molecule has 2 atom stereocenters. The van der Waals surface area contributed by atoms with Gasteiger partial charge in [-0.1, -0.05) is 19.1 Å². The Morgan fingerprint density at radius 1 is 1.17 bits per heavy atom. The fraction of sp³-hybridized carbons (Fsp3) is 0.500. The number of benzene rings is 1. The molecule has 3 N–H and O–H groups in total. The van der Waals surface area contributed by atoms with Gasteiger partial charge in [-0.15, -0.1) is 0 Å². The quantitative estimate of drug-likeness (QED) is 0.692. The van der Waals surface area contributed by atoms with Crippen LogP contribution in [-0.2, 0) is 11.2 Å². The van der Waals surface area contributed by atoms with E-state index in [9.17, 15) is 4.79 Å². The highest BCUT2D eigenvalue weighted by Crippen LogP contribution is 2.24. The lowest BCUT2D eigenvalue weighted by molar-refractivity contribution is -0.124. The van der Waals surface area contributed by atoms with Crippen molar-refractivity contribution in [1.82, 2.24) is 25.5 Å². The number of carbonyl (C=O) groups excluding carboxylic acids is 1. The predicted octanol–water partition coefficient (Wildman–Crippen LogP) is 1.65. The molecule has 30 heavy (non-hydrogen) atoms. The average Bonchev–Trinajstić information content (AvgIpc) is 2.74. The SMILES string of the molecule is CCc1ccc(NC2NC(=O)CC(c3cnc(N4CCN(C)CC4)nc3C)N2)cc1. The van der Waals surface area contributed by atoms with Crippen molar-refractivity contribution in [3.63, 3.8) is 0 Å². The molecule has 2 fully saturated rings. The molecule has 2 aliphatic rings. The monoisotopic (exact) mass is 409 g/mol. The topological polar surface area (TPSA) is 85.4 Å². The van der Waals surface area contributed by atoms with E-state index in [1.165, 1.54) is 5.56 Å². The van der Waals surface area contributed by atoms with Gasteiger partial charge in [-0.2, -0.15) is 0 Å². The summed E-state index contributed by atoms with van der Waals surface area (Å²) >= 11 is 0. The Hall–Kier alpha value is -2.71. The lowest BCUT2D eigenvalue weighted by Gasteiger charge is -2.34. The van der Waals surface area contributed by atoms with E-state index in [0.29, 0.717) is 6.42 Å². The maximum Gasteiger partial charge on any atom is 0.225 e. The number of likely N-dealkylation sites (N-methyl/N-ethyl adjacent to an activating group) is 1. The van der Waals surface area contributed by atoms with Crippen LogP contribution in [0.4, 0.5) is 11.6 Å². The van der Waals surface area contributed by atoms with Gasteiger partial charge in [0.2, 0.25) is 11.9 Å². The van der Waals surface area contributed by atoms with Gasteiger partial charge in [0.15, 0.2) is 6.29 Å². The molecule has 3 heterocycles. The fourth-order valence-electron chi connectivity index (χ4n) is 3.95. The molecule has 160 valence electrons. The highest BCUT2D eigenvalue weighted by Gasteiger charge is 2.29. The van der Waals surface area contributed by atoms with Crippen molar-refractivity contribution in [3.8, 4) is 0 Å². The van der Waals surface area contributed by atoms with E-state index < -0.39 is 0 Å². The molecule has 2 saturated heterocycles. The largest absolute Gasteiger partial charge is 0.353 e. The number of hydrogen-bond acceptors (Lipinski definition) is 7. The van der Waals surface area contributed by atoms with Gasteiger partial charge in [0.25, 0.3) is 0 Å². The second kappa shape index (κ2) is 8.97. The molecule has 1 amide bonds. The molecule has 8 nitrogen and oxygen atoms in total. The maximum absolute atomic E-state index is 12.4. The van der Waals surface area contributed by atoms with Gasteiger partial charge in [0, 0.05) is 61.8 Å². The number of hydrogen-bond donors (Lipinski definition) is 3. The molecule has 1 aromatic heterocycles. The molecule has 2 unspecified atom stereocenters. The average molecular weight is 410 g/mol. The van der Waals surface area contributed by atoms with E-state index in [0.717, 1.165) is 55.5 Å². The normalized spacial score (nSPS) is 22.6. The molecule has 2 aromatic rings. The van der Waals surface area contributed by atoms with Gasteiger partial charge >= 0.3 is 0 Å². The third-order valence-corrected chi connectivity index (χ3v) is 5.90. The molecule has 0 bridgehead atoms. The summed E-state index contributed by atoms with van der Waals surface area (Å²) in [7, 11) is 2.13. The molecular formula is C22H31N7O. The van der Waals surface area contributed by atoms with Gasteiger partial charge < -0.3 is 20.4 Å². The number of carbonyl (C=O) groups is 1. The van der Waals surface area contributed by atoms with Crippen molar-refractivity contribution in [2.24, 2.45) is 0 Å². The van der Waals surface area contributed by atoms with Crippen LogP contribution < -0.4 is 20.9 Å². The Labute approximate surface area is 178 Å². The fourth-order valence-corrected chi connectivity index (χ4v) is 3.95. The van der Waals surface area contributed by atoms with E-state index in [2.05, 4.69) is 56.8 Å². The molecule has 0 aliphatic carbocycles. The first-order valence-corrected chi connectivity index (χ1v) is 10.7. The van der Waals surface area contributed by atoms with Gasteiger partial charge in [-0.05, 0) is 38.1 Å². The highest BCUT2D eigenvalue weighted by molar-refractivity contribution is 5.78. The molecule has 0 spiro atoms. The first-order chi connectivity index (χ1) is 14.5. The minimum atomic E-state index is -0.347. The van der Waals surface area contributed by atoms with Gasteiger partial charge in [0.05, 0.1) is 0 Å². The minimum Gasteiger partial charge on any atom is -0.353 e. The van der Waals surface area contributed by atoms with Crippen molar-refractivity contribution in [1.29, 1.82) is 0 Å². The van der Waals surface area contributed by atoms with Crippen molar-refractivity contribution in [2.45, 2.75) is 39.0 Å². The first kappa shape index (κ1) is 20.6. The number of aryl methyl sites for hydroxylation is 2. The van der Waals surface area contributed by atoms with Crippen molar-refractivity contribution in [2.75, 3.05) is 43.4 Å². The van der Waals surface area contributed by atoms with E-state index in [-0.39, 0.29) is 18.2 Å². The Kier molecular flexibility index (Phi) is 6.15. The third-order valence-electron chi connectivity index (χ3n) is 5.90. The zero-order valence-corrected chi connectivity index (χ0v) is 18.0. The van der Waals surface area contributed by atoms with Gasteiger partial charge in [0.1, 0.15) is 0 Å². The number of piperazine rings is 1. The van der Waals surface area contributed by atoms with Crippen LogP contribution in [0.25, 0.3) is 0 Å². The first-order valence-electron chi connectivity index (χ1n) is 10.7. The highest BCUT2D eigenvalue weighted by atomic mass is 16.2. The van der Waals surface area contributed by atoms with Crippen LogP contribution in [0.3, 0.4) is 0 Å². The second-order valence-electron chi connectivity index (χ2n) is 8.12. The molecule has 2 aliphatic heterocycles. The molecule has 8 heteroatoms. The Bertz CT molecular complexity index is 878. The standard InChI is InChI=1S/C22H31N7O/c1-4-16-5-7-17(8-6-16)25-21-26-19(13-20(30)27-21)18-14-23-22(24-15(18)2)29-11-9-28(3)10-12-29/h5-8,14,19,21,25-26H,4,9-13H2,1-3H3,(H,27,30). The Balaban J connectivity index is 1.45. The summed E-state index contributed by atoms with van der Waals surface area (Å²) in [4.78, 5) is 26.3. The van der Waals surface area contributed by atoms with E-state index in [1.54, 1.807) is 0 Å². The van der Waals surface area contributed by atoms with Crippen molar-refractivity contribution >= 4 is 17.5 Å². The van der Waals surface area contributed by atoms with Gasteiger partial charge in [-0.3, -0.25) is 10.1 Å². The van der Waals surface area contributed by atoms with Crippen molar-refractivity contribution in [3.05, 3.63) is 47.3 Å². The molecule has 4 rings (SSSR count). The van der Waals surface area contributed by atoms with Gasteiger partial charge in [-0.25, -0.2) is 9.97 Å². The third kappa shape index (κ3) is 4.71. The zero-order valence-electron chi connectivity index (χ0n) is 18.0. The summed E-state index contributed by atoms with van der Waals surface area (Å²) < 4.78 is 0. The Morgan fingerprint density at radius 3 is 2.57 bits per heavy atom. The Morgan fingerprint density at radius 2 is 1.90 bits per heavy atom. The molecule has 0 radical (unpaired) electrons. The summed E-state index contributed by atoms with van der Waals surface area (Å²) in [6, 6.07) is 8.14. The maximum atomic E-state index is 12.4. The lowest BCUT2D eigenvalue weighted by Crippen LogP contribution is -2.56. The van der Waals surface area contributed by atoms with Crippen LogP contribution in [0.2, 0.25) is 0 Å². The molecule has 1 aromatic carbocycles. The van der Waals surface area contributed by atoms with Crippen LogP contribution in [0.5, 0.6) is 0 Å². The van der Waals surface area contributed by atoms with Crippen molar-refractivity contribution < 1.29 is 4.79 Å². The number of nitrogens with one attached hydrogen (secondary N) is 3. The van der Waals surface area contributed by atoms with Crippen LogP contribution >= 0.6 is 0 Å². The summed E-state index contributed by atoms with van der Waals surface area (Å²) in [5.41, 5.74) is 4.13. The predicted molar refractivity (Wildman–Crippen MR) is 118 cm³/mol. The minimum absolute atomic E-state index is 0.00368. The number of amides is 1. The number of aromatic nitrogens is 2. The van der Waals surface area contributed by atoms with Crippen LogP contribution in [-0.4, -0.2) is 60.3 Å². The summed E-state index contributed by atoms with van der Waals surface area (Å²) in [6.07, 6.45) is 2.90. The van der Waals surface area contributed by atoms with Crippen LogP contribution in [0.1, 0.15) is 36.2 Å². The summed E-state index contributed by atoms with van der Waals surface area (Å²) in [5.74, 6) is 0.777. The summed E-state index contributed by atoms with van der Waals surface area (Å²) in [5, 5.41) is 9.80. The molecule has 0 saturated carbocycles. The van der Waals surface area contributed by atoms with Crippen LogP contribution in [0, 0.1) is 6.92 Å². The van der Waals surface area contributed by atoms with E-state index >= 15 is 0 Å². The zero-order chi connectivity index (χ0) is 21.1. The summed E-state index contributed by atoms with van der Waals surface area (Å²) in [6.45, 7) is 8.03.